The van der Waals surface area contributed by atoms with Crippen LogP contribution in [0.1, 0.15) is 192 Å². The minimum atomic E-state index is -1.05. The highest BCUT2D eigenvalue weighted by molar-refractivity contribution is 7.80. The van der Waals surface area contributed by atoms with Gasteiger partial charge in [0.25, 0.3) is 0 Å². The van der Waals surface area contributed by atoms with Crippen molar-refractivity contribution in [2.45, 2.75) is 226 Å². The number of benzene rings is 2. The molecule has 17 nitrogen and oxygen atoms in total. The predicted octanol–water partition coefficient (Wildman–Crippen LogP) is 10.7. The van der Waals surface area contributed by atoms with Gasteiger partial charge in [0.1, 0.15) is 23.7 Å². The second kappa shape index (κ2) is 36.8. The zero-order chi connectivity index (χ0) is 62.8. The van der Waals surface area contributed by atoms with Crippen molar-refractivity contribution < 1.29 is 68.1 Å². The zero-order valence-corrected chi connectivity index (χ0v) is 54.2. The number of ketones is 1. The molecular formula is C67H105N3O14S2. The molecule has 0 aliphatic heterocycles. The van der Waals surface area contributed by atoms with Crippen LogP contribution in [0.25, 0.3) is 0 Å². The Morgan fingerprint density at radius 1 is 0.663 bits per heavy atom. The van der Waals surface area contributed by atoms with Crippen LogP contribution in [0, 0.1) is 40.9 Å². The minimum Gasteiger partial charge on any atom is -0.482 e. The molecule has 0 aromatic heterocycles. The number of carboxylic acid groups (broad SMARTS) is 2. The first-order valence-corrected chi connectivity index (χ1v) is 33.6. The van der Waals surface area contributed by atoms with Gasteiger partial charge in [0.15, 0.2) is 19.0 Å². The Kier molecular flexibility index (Phi) is 30.9. The van der Waals surface area contributed by atoms with Crippen LogP contribution in [-0.4, -0.2) is 130 Å². The Hall–Kier alpha value is -4.56. The highest BCUT2D eigenvalue weighted by Gasteiger charge is 2.48. The van der Waals surface area contributed by atoms with Crippen molar-refractivity contribution in [3.63, 3.8) is 0 Å². The van der Waals surface area contributed by atoms with E-state index in [1.54, 1.807) is 27.7 Å². The maximum absolute atomic E-state index is 13.2. The van der Waals surface area contributed by atoms with E-state index >= 15 is 0 Å². The van der Waals surface area contributed by atoms with Gasteiger partial charge in [-0.15, -0.1) is 0 Å². The van der Waals surface area contributed by atoms with Crippen LogP contribution in [0.3, 0.4) is 0 Å². The highest BCUT2D eigenvalue weighted by atomic mass is 32.1. The Labute approximate surface area is 523 Å². The maximum atomic E-state index is 13.2. The average molecular weight is 1240 g/mol. The van der Waals surface area contributed by atoms with Crippen molar-refractivity contribution in [1.82, 2.24) is 16.0 Å². The molecule has 2 aromatic carbocycles. The summed E-state index contributed by atoms with van der Waals surface area (Å²) in [7, 11) is 0. The first-order valence-electron chi connectivity index (χ1n) is 32.3. The van der Waals surface area contributed by atoms with Crippen LogP contribution in [0.15, 0.2) is 36.4 Å². The van der Waals surface area contributed by atoms with Crippen molar-refractivity contribution in [1.29, 1.82) is 0 Å². The third kappa shape index (κ3) is 23.1. The lowest BCUT2D eigenvalue weighted by Gasteiger charge is -2.33. The number of unbranched alkanes of at least 4 members (excludes halogenated alkanes) is 6. The Bertz CT molecular complexity index is 2460. The number of thiol groups is 2. The van der Waals surface area contributed by atoms with Gasteiger partial charge in [-0.05, 0) is 199 Å². The summed E-state index contributed by atoms with van der Waals surface area (Å²) in [5, 5.41) is 49.0. The fourth-order valence-electron chi connectivity index (χ4n) is 13.6. The number of hydrogen-bond acceptors (Lipinski definition) is 15. The molecule has 0 heterocycles. The molecule has 7 N–H and O–H groups in total. The van der Waals surface area contributed by atoms with Crippen molar-refractivity contribution in [3.05, 3.63) is 58.7 Å². The van der Waals surface area contributed by atoms with E-state index in [0.717, 1.165) is 156 Å². The van der Waals surface area contributed by atoms with E-state index in [0.29, 0.717) is 68.4 Å². The van der Waals surface area contributed by atoms with Gasteiger partial charge in [-0.1, -0.05) is 90.5 Å². The number of alkyl carbamates (subject to hydrolysis) is 1. The van der Waals surface area contributed by atoms with Crippen molar-refractivity contribution >= 4 is 60.9 Å². The van der Waals surface area contributed by atoms with Gasteiger partial charge >= 0.3 is 24.0 Å². The molecule has 0 saturated heterocycles. The first-order chi connectivity index (χ1) is 41.1. The molecule has 2 aromatic rings. The van der Waals surface area contributed by atoms with Crippen LogP contribution >= 0.6 is 25.3 Å². The van der Waals surface area contributed by atoms with E-state index in [1.807, 2.05) is 24.3 Å². The van der Waals surface area contributed by atoms with Crippen LogP contribution in [-0.2, 0) is 59.1 Å². The number of Topliss-reactive ketones (excluding diaryl/α,β-unsaturated/α-hetero) is 1. The van der Waals surface area contributed by atoms with Crippen LogP contribution in [0.2, 0.25) is 0 Å². The standard InChI is InChI=1S/C34H53NO7S.C33H52N2O7S/c1-4-5-7-12-25(42-32(39)21-34(2,3)33(40)35-16-8-6-9-17-43)14-15-26-27-18-23-11-10-13-30(41-22-31(37)38)28(23)19-24(27)20-29(26)36;1-4-5-6-10-24(36)13-14-25-26-18-22-9-7-11-28(41-21-31(38)39)27(22)19-23(26)20-29(25)42-32(40)35-33(2,3)30(37)12-8-15-34-16-17-43/h10-11,13,24-27,29,36,43H,4-9,12,14-22H2,1-3H3,(H,35,40)(H,37,38);7,9,11,23-26,29,34,36,43H,4-6,8,10,12-21H2,1-3H3,(H,35,40)(H,38,39)/t24-,25-,26+,27-,29+;23-,24-,25+,26-,29+/m00/s1. The topological polar surface area (TPSA) is 256 Å². The van der Waals surface area contributed by atoms with Gasteiger partial charge in [0.05, 0.1) is 29.6 Å². The number of aliphatic hydroxyl groups is 2. The summed E-state index contributed by atoms with van der Waals surface area (Å²) < 4.78 is 23.3. The number of aliphatic carboxylic acids is 2. The predicted molar refractivity (Wildman–Crippen MR) is 340 cm³/mol. The molecular weight excluding hydrogens is 1130 g/mol. The quantitative estimate of drug-likeness (QED) is 0.0172. The lowest BCUT2D eigenvalue weighted by molar-refractivity contribution is -0.155. The number of amides is 2. The van der Waals surface area contributed by atoms with E-state index in [4.69, 9.17) is 29.2 Å². The normalized spacial score (nSPS) is 21.9. The molecule has 10 atom stereocenters. The largest absolute Gasteiger partial charge is 0.482 e. The zero-order valence-electron chi connectivity index (χ0n) is 52.4. The molecule has 6 rings (SSSR count). The van der Waals surface area contributed by atoms with E-state index in [2.05, 4.69) is 67.2 Å². The van der Waals surface area contributed by atoms with Crippen molar-refractivity contribution in [3.8, 4) is 11.5 Å². The molecule has 2 saturated carbocycles. The number of carbonyl (C=O) groups is 6. The third-order valence-electron chi connectivity index (χ3n) is 18.3. The average Bonchev–Trinajstić information content (AvgIpc) is 1.76. The maximum Gasteiger partial charge on any atom is 0.408 e. The molecule has 0 bridgehead atoms. The molecule has 0 radical (unpaired) electrons. The Balaban J connectivity index is 0.000000314. The second-order valence-electron chi connectivity index (χ2n) is 25.9. The monoisotopic (exact) mass is 1240 g/mol. The number of carbonyl (C=O) groups excluding carboxylic acids is 4. The molecule has 484 valence electrons. The summed E-state index contributed by atoms with van der Waals surface area (Å²) >= 11 is 8.39. The highest BCUT2D eigenvalue weighted by Crippen LogP contribution is 2.51. The van der Waals surface area contributed by atoms with Crippen molar-refractivity contribution in [2.75, 3.05) is 44.4 Å². The van der Waals surface area contributed by atoms with Gasteiger partial charge in [-0.2, -0.15) is 25.3 Å². The summed E-state index contributed by atoms with van der Waals surface area (Å²) in [5.74, 6) is 1.57. The third-order valence-corrected chi connectivity index (χ3v) is 18.9. The van der Waals surface area contributed by atoms with Gasteiger partial charge in [-0.25, -0.2) is 14.4 Å². The number of ether oxygens (including phenoxy) is 4. The molecule has 86 heavy (non-hydrogen) atoms. The minimum absolute atomic E-state index is 0.0274. The summed E-state index contributed by atoms with van der Waals surface area (Å²) in [6.45, 7) is 12.6. The lowest BCUT2D eigenvalue weighted by Crippen LogP contribution is -2.50. The number of esters is 1. The van der Waals surface area contributed by atoms with Gasteiger partial charge in [0.2, 0.25) is 5.91 Å². The molecule has 4 aliphatic carbocycles. The number of hydrogen-bond donors (Lipinski definition) is 9. The van der Waals surface area contributed by atoms with Crippen LogP contribution in [0.5, 0.6) is 11.5 Å². The van der Waals surface area contributed by atoms with Gasteiger partial charge in [-0.3, -0.25) is 14.4 Å². The van der Waals surface area contributed by atoms with E-state index in [9.17, 15) is 39.0 Å². The number of aliphatic hydroxyl groups excluding tert-OH is 2. The van der Waals surface area contributed by atoms with Gasteiger partial charge < -0.3 is 55.3 Å². The molecule has 19 heteroatoms. The molecule has 0 spiro atoms. The molecule has 4 aliphatic rings. The smallest absolute Gasteiger partial charge is 0.408 e. The number of rotatable bonds is 38. The fourth-order valence-corrected chi connectivity index (χ4v) is 14.0. The van der Waals surface area contributed by atoms with E-state index < -0.39 is 41.7 Å². The second-order valence-corrected chi connectivity index (χ2v) is 26.8. The van der Waals surface area contributed by atoms with E-state index in [-0.39, 0.29) is 72.7 Å². The molecule has 2 amide bonds. The van der Waals surface area contributed by atoms with E-state index in [1.165, 1.54) is 0 Å². The number of carboxylic acids is 2. The number of nitrogens with one attached hydrogen (secondary N) is 3. The molecule has 0 unspecified atom stereocenters. The summed E-state index contributed by atoms with van der Waals surface area (Å²) in [5.41, 5.74) is 2.49. The summed E-state index contributed by atoms with van der Waals surface area (Å²) in [6, 6.07) is 11.6. The SMILES string of the molecule is CCCCC[C@@H](CC[C@@H]1[C@H]2Cc3cccc(OCC(=O)O)c3C[C@H]2C[C@H]1O)OC(=O)CC(C)(C)C(=O)NCCCCCS.CCCCC[C@H](O)CC[C@@H]1[C@H]2Cc3cccc(OCC(=O)O)c3C[C@H]2C[C@H]1OC(=O)NC(C)(C)C(=O)CCCNCCS. The molecule has 2 fully saturated rings. The Morgan fingerprint density at radius 3 is 1.85 bits per heavy atom. The summed E-state index contributed by atoms with van der Waals surface area (Å²) in [6.07, 6.45) is 17.2. The van der Waals surface area contributed by atoms with Gasteiger partial charge in [0, 0.05) is 25.3 Å². The Morgan fingerprint density at radius 2 is 1.26 bits per heavy atom. The fraction of sp³-hybridized carbons (Fsp3) is 0.731. The number of fused-ring (bicyclic) bond motifs is 4. The first kappa shape index (κ1) is 72.2. The lowest BCUT2D eigenvalue weighted by atomic mass is 9.73. The summed E-state index contributed by atoms with van der Waals surface area (Å²) in [4.78, 5) is 74.1. The van der Waals surface area contributed by atoms with Crippen molar-refractivity contribution in [2.24, 2.45) is 40.9 Å². The van der Waals surface area contributed by atoms with Crippen LogP contribution in [0.4, 0.5) is 4.79 Å². The van der Waals surface area contributed by atoms with Crippen LogP contribution < -0.4 is 25.4 Å².